The molecule has 0 saturated carbocycles. The number of carbonyl (C=O) groups is 1. The highest BCUT2D eigenvalue weighted by atomic mass is 19.4. The van der Waals surface area contributed by atoms with E-state index in [1.165, 1.54) is 18.3 Å². The Morgan fingerprint density at radius 2 is 1.74 bits per heavy atom. The molecule has 0 radical (unpaired) electrons. The van der Waals surface area contributed by atoms with Crippen molar-refractivity contribution in [1.29, 1.82) is 0 Å². The minimum absolute atomic E-state index is 0.0735. The maximum atomic E-state index is 13.0. The predicted molar refractivity (Wildman–Crippen MR) is 133 cm³/mol. The second-order valence-corrected chi connectivity index (χ2v) is 7.72. The Hall–Kier alpha value is -4.61. The minimum Gasteiger partial charge on any atom is -0.490 e. The van der Waals surface area contributed by atoms with Gasteiger partial charge in [0.1, 0.15) is 5.75 Å². The highest BCUT2D eigenvalue weighted by Crippen LogP contribution is 2.38. The number of ether oxygens (including phenoxy) is 3. The molecule has 3 aromatic carbocycles. The molecule has 0 bridgehead atoms. The molecule has 0 spiro atoms. The minimum atomic E-state index is -4.75. The second-order valence-electron chi connectivity index (χ2n) is 7.72. The molecule has 12 heteroatoms. The summed E-state index contributed by atoms with van der Waals surface area (Å²) in [5.74, 6) is 0.0683. The summed E-state index contributed by atoms with van der Waals surface area (Å²) >= 11 is 0. The van der Waals surface area contributed by atoms with Gasteiger partial charge < -0.3 is 14.2 Å². The van der Waals surface area contributed by atoms with Crippen molar-refractivity contribution in [2.24, 2.45) is 5.10 Å². The van der Waals surface area contributed by atoms with Crippen molar-refractivity contribution < 1.29 is 37.1 Å². The number of para-hydroxylation sites is 1. The Morgan fingerprint density at radius 3 is 2.42 bits per heavy atom. The van der Waals surface area contributed by atoms with E-state index in [1.54, 1.807) is 37.3 Å². The third kappa shape index (κ3) is 7.21. The van der Waals surface area contributed by atoms with Crippen LogP contribution in [0.5, 0.6) is 23.0 Å². The highest BCUT2D eigenvalue weighted by Gasteiger charge is 2.33. The van der Waals surface area contributed by atoms with E-state index < -0.39 is 28.3 Å². The van der Waals surface area contributed by atoms with E-state index in [9.17, 15) is 28.1 Å². The lowest BCUT2D eigenvalue weighted by molar-refractivity contribution is -0.385. The first kappa shape index (κ1) is 28.0. The Morgan fingerprint density at radius 1 is 1.00 bits per heavy atom. The first-order valence-corrected chi connectivity index (χ1v) is 11.5. The molecule has 9 nitrogen and oxygen atoms in total. The summed E-state index contributed by atoms with van der Waals surface area (Å²) < 4.78 is 55.7. The van der Waals surface area contributed by atoms with Crippen molar-refractivity contribution in [2.75, 3.05) is 13.2 Å². The number of hydrazone groups is 1. The van der Waals surface area contributed by atoms with Gasteiger partial charge in [-0.2, -0.15) is 18.3 Å². The van der Waals surface area contributed by atoms with Crippen molar-refractivity contribution in [1.82, 2.24) is 5.43 Å². The van der Waals surface area contributed by atoms with Crippen LogP contribution in [0, 0.1) is 10.1 Å². The third-order valence-corrected chi connectivity index (χ3v) is 4.96. The summed E-state index contributed by atoms with van der Waals surface area (Å²) in [4.78, 5) is 23.0. The number of benzene rings is 3. The molecule has 1 amide bonds. The summed E-state index contributed by atoms with van der Waals surface area (Å²) in [6.07, 6.45) is -2.70. The SMILES string of the molecule is CCCOc1ccc(C(=O)N/N=C/c2ccccc2Oc2ccc(C(F)(F)F)cc2[N+](=O)[O-])cc1OCC. The summed E-state index contributed by atoms with van der Waals surface area (Å²) in [5, 5.41) is 15.3. The van der Waals surface area contributed by atoms with E-state index in [0.29, 0.717) is 42.4 Å². The molecule has 0 aliphatic heterocycles. The van der Waals surface area contributed by atoms with Crippen molar-refractivity contribution in [2.45, 2.75) is 26.4 Å². The van der Waals surface area contributed by atoms with Gasteiger partial charge in [-0.3, -0.25) is 14.9 Å². The van der Waals surface area contributed by atoms with Crippen LogP contribution < -0.4 is 19.6 Å². The number of nitrogens with one attached hydrogen (secondary N) is 1. The molecule has 200 valence electrons. The van der Waals surface area contributed by atoms with Gasteiger partial charge in [0.05, 0.1) is 29.9 Å². The standard InChI is InChI=1S/C26H24F3N3O6/c1-3-13-37-23-11-9-17(14-24(23)36-4-2)25(33)31-30-16-18-7-5-6-8-21(18)38-22-12-10-19(26(27,28)29)15-20(22)32(34)35/h5-12,14-16H,3-4,13H2,1-2H3,(H,31,33)/b30-16+. The van der Waals surface area contributed by atoms with Crippen LogP contribution in [0.3, 0.4) is 0 Å². The van der Waals surface area contributed by atoms with Gasteiger partial charge in [-0.05, 0) is 55.8 Å². The van der Waals surface area contributed by atoms with Crippen molar-refractivity contribution in [3.05, 3.63) is 87.5 Å². The number of amides is 1. The van der Waals surface area contributed by atoms with Crippen LogP contribution in [-0.4, -0.2) is 30.3 Å². The number of rotatable bonds is 11. The molecule has 0 unspecified atom stereocenters. The third-order valence-electron chi connectivity index (χ3n) is 4.96. The van der Waals surface area contributed by atoms with E-state index in [-0.39, 0.29) is 17.1 Å². The molecule has 3 aromatic rings. The van der Waals surface area contributed by atoms with E-state index in [0.717, 1.165) is 12.5 Å². The predicted octanol–water partition coefficient (Wildman–Crippen LogP) is 6.36. The highest BCUT2D eigenvalue weighted by molar-refractivity contribution is 5.95. The van der Waals surface area contributed by atoms with Gasteiger partial charge in [-0.1, -0.05) is 19.1 Å². The Kier molecular flexibility index (Phi) is 9.25. The lowest BCUT2D eigenvalue weighted by Crippen LogP contribution is -2.18. The molecule has 1 N–H and O–H groups in total. The number of carbonyl (C=O) groups excluding carboxylic acids is 1. The normalized spacial score (nSPS) is 11.3. The average molecular weight is 531 g/mol. The van der Waals surface area contributed by atoms with Gasteiger partial charge >= 0.3 is 11.9 Å². The van der Waals surface area contributed by atoms with Gasteiger partial charge in [0, 0.05) is 17.2 Å². The Labute approximate surface area is 216 Å². The largest absolute Gasteiger partial charge is 0.490 e. The number of hydrogen-bond donors (Lipinski definition) is 1. The zero-order valence-electron chi connectivity index (χ0n) is 20.4. The zero-order chi connectivity index (χ0) is 27.7. The summed E-state index contributed by atoms with van der Waals surface area (Å²) in [6.45, 7) is 4.64. The summed E-state index contributed by atoms with van der Waals surface area (Å²) in [6, 6.07) is 12.9. The van der Waals surface area contributed by atoms with Crippen LogP contribution in [-0.2, 0) is 6.18 Å². The van der Waals surface area contributed by atoms with Crippen molar-refractivity contribution in [3.8, 4) is 23.0 Å². The zero-order valence-corrected chi connectivity index (χ0v) is 20.4. The van der Waals surface area contributed by atoms with Gasteiger partial charge in [0.2, 0.25) is 5.75 Å². The van der Waals surface area contributed by atoms with Crippen LogP contribution in [0.2, 0.25) is 0 Å². The van der Waals surface area contributed by atoms with Crippen molar-refractivity contribution in [3.63, 3.8) is 0 Å². The van der Waals surface area contributed by atoms with Crippen LogP contribution in [0.25, 0.3) is 0 Å². The lowest BCUT2D eigenvalue weighted by Gasteiger charge is -2.12. The number of halogens is 3. The quantitative estimate of drug-likeness (QED) is 0.175. The van der Waals surface area contributed by atoms with Crippen LogP contribution >= 0.6 is 0 Å². The van der Waals surface area contributed by atoms with Gasteiger partial charge in [-0.25, -0.2) is 5.43 Å². The Bertz CT molecular complexity index is 1330. The molecule has 0 fully saturated rings. The van der Waals surface area contributed by atoms with E-state index >= 15 is 0 Å². The van der Waals surface area contributed by atoms with Crippen LogP contribution in [0.4, 0.5) is 18.9 Å². The number of nitrogens with zero attached hydrogens (tertiary/aromatic N) is 2. The average Bonchev–Trinajstić information content (AvgIpc) is 2.88. The molecule has 38 heavy (non-hydrogen) atoms. The summed E-state index contributed by atoms with van der Waals surface area (Å²) in [5.41, 5.74) is 0.914. The number of nitro groups is 1. The van der Waals surface area contributed by atoms with E-state index in [1.807, 2.05) is 6.92 Å². The molecule has 0 aliphatic carbocycles. The molecule has 0 saturated heterocycles. The molecular formula is C26H24F3N3O6. The van der Waals surface area contributed by atoms with Crippen molar-refractivity contribution >= 4 is 17.8 Å². The van der Waals surface area contributed by atoms with E-state index in [2.05, 4.69) is 10.5 Å². The smallest absolute Gasteiger partial charge is 0.416 e. The molecule has 0 atom stereocenters. The molecule has 0 heterocycles. The topological polar surface area (TPSA) is 112 Å². The monoisotopic (exact) mass is 531 g/mol. The van der Waals surface area contributed by atoms with Gasteiger partial charge in [-0.15, -0.1) is 0 Å². The van der Waals surface area contributed by atoms with Crippen LogP contribution in [0.1, 0.15) is 41.8 Å². The Balaban J connectivity index is 1.78. The second kappa shape index (κ2) is 12.6. The fourth-order valence-corrected chi connectivity index (χ4v) is 3.20. The van der Waals surface area contributed by atoms with Crippen LogP contribution in [0.15, 0.2) is 65.8 Å². The number of hydrogen-bond acceptors (Lipinski definition) is 7. The summed E-state index contributed by atoms with van der Waals surface area (Å²) in [7, 11) is 0. The number of nitro benzene ring substituents is 1. The van der Waals surface area contributed by atoms with Gasteiger partial charge in [0.25, 0.3) is 5.91 Å². The fourth-order valence-electron chi connectivity index (χ4n) is 3.20. The molecule has 3 rings (SSSR count). The maximum absolute atomic E-state index is 13.0. The van der Waals surface area contributed by atoms with Gasteiger partial charge in [0.15, 0.2) is 11.5 Å². The first-order valence-electron chi connectivity index (χ1n) is 11.5. The molecule has 0 aliphatic rings. The first-order chi connectivity index (χ1) is 18.1. The maximum Gasteiger partial charge on any atom is 0.416 e. The number of alkyl halides is 3. The molecular weight excluding hydrogens is 507 g/mol. The lowest BCUT2D eigenvalue weighted by atomic mass is 10.1. The molecule has 0 aromatic heterocycles. The fraction of sp³-hybridized carbons (Fsp3) is 0.231. The van der Waals surface area contributed by atoms with E-state index in [4.69, 9.17) is 14.2 Å².